The van der Waals surface area contributed by atoms with Gasteiger partial charge in [-0.3, -0.25) is 4.98 Å². The van der Waals surface area contributed by atoms with Gasteiger partial charge < -0.3 is 22.5 Å². The Morgan fingerprint density at radius 3 is 2.70 bits per heavy atom. The SMILES string of the molecule is CCCOC(=O)c1cccc(Nc2nc(-c3cccnc3)nc3ccccc23)c1.[Cl-]. The third-order valence-corrected chi connectivity index (χ3v) is 4.32. The van der Waals surface area contributed by atoms with Crippen LogP contribution in [0.2, 0.25) is 0 Å². The average molecular weight is 420 g/mol. The minimum absolute atomic E-state index is 0. The van der Waals surface area contributed by atoms with Gasteiger partial charge in [-0.25, -0.2) is 14.8 Å². The van der Waals surface area contributed by atoms with Crippen LogP contribution in [-0.2, 0) is 4.74 Å². The standard InChI is InChI=1S/C23H20N4O2.ClH/c1-2-13-29-23(28)16-7-5-9-18(14-16)25-22-19-10-3-4-11-20(19)26-21(27-22)17-8-6-12-24-15-17;/h3-12,14-15H,2,13H2,1H3,(H,25,26,27);1H/p-1. The molecule has 0 amide bonds. The first-order valence-corrected chi connectivity index (χ1v) is 9.46. The van der Waals surface area contributed by atoms with Crippen molar-refractivity contribution in [1.82, 2.24) is 15.0 Å². The predicted molar refractivity (Wildman–Crippen MR) is 113 cm³/mol. The van der Waals surface area contributed by atoms with E-state index in [0.717, 1.165) is 28.6 Å². The lowest BCUT2D eigenvalue weighted by atomic mass is 10.2. The first-order chi connectivity index (χ1) is 14.2. The number of anilines is 2. The number of nitrogens with one attached hydrogen (secondary N) is 1. The third kappa shape index (κ3) is 4.72. The lowest BCUT2D eigenvalue weighted by molar-refractivity contribution is -0.0000237. The monoisotopic (exact) mass is 419 g/mol. The summed E-state index contributed by atoms with van der Waals surface area (Å²) >= 11 is 0. The number of carbonyl (C=O) groups is 1. The van der Waals surface area contributed by atoms with E-state index in [1.54, 1.807) is 24.5 Å². The Balaban J connectivity index is 0.00000256. The molecule has 0 atom stereocenters. The molecule has 0 aliphatic rings. The highest BCUT2D eigenvalue weighted by atomic mass is 35.5. The topological polar surface area (TPSA) is 77.0 Å². The van der Waals surface area contributed by atoms with Gasteiger partial charge in [-0.05, 0) is 48.9 Å². The lowest BCUT2D eigenvalue weighted by Crippen LogP contribution is -3.00. The van der Waals surface area contributed by atoms with Crippen LogP contribution in [0.25, 0.3) is 22.3 Å². The minimum atomic E-state index is -0.334. The summed E-state index contributed by atoms with van der Waals surface area (Å²) in [5.41, 5.74) is 2.90. The normalized spacial score (nSPS) is 10.3. The summed E-state index contributed by atoms with van der Waals surface area (Å²) in [6.07, 6.45) is 4.23. The van der Waals surface area contributed by atoms with E-state index in [9.17, 15) is 4.79 Å². The summed E-state index contributed by atoms with van der Waals surface area (Å²) in [6.45, 7) is 2.37. The van der Waals surface area contributed by atoms with Gasteiger partial charge in [-0.2, -0.15) is 0 Å². The van der Waals surface area contributed by atoms with Crippen molar-refractivity contribution in [3.63, 3.8) is 0 Å². The molecule has 7 heteroatoms. The third-order valence-electron chi connectivity index (χ3n) is 4.32. The van der Waals surface area contributed by atoms with Gasteiger partial charge in [0, 0.05) is 29.0 Å². The van der Waals surface area contributed by atoms with E-state index < -0.39 is 0 Å². The van der Waals surface area contributed by atoms with Crippen LogP contribution in [0.5, 0.6) is 0 Å². The fourth-order valence-electron chi connectivity index (χ4n) is 2.93. The number of esters is 1. The molecule has 6 nitrogen and oxygen atoms in total. The first kappa shape index (κ1) is 21.2. The quantitative estimate of drug-likeness (QED) is 0.482. The molecular formula is C23H20ClN4O2-. The van der Waals surface area contributed by atoms with Crippen molar-refractivity contribution in [2.45, 2.75) is 13.3 Å². The van der Waals surface area contributed by atoms with Crippen molar-refractivity contribution in [3.05, 3.63) is 78.6 Å². The van der Waals surface area contributed by atoms with E-state index in [1.165, 1.54) is 0 Å². The molecule has 0 spiro atoms. The molecule has 0 saturated heterocycles. The molecule has 0 saturated carbocycles. The van der Waals surface area contributed by atoms with Crippen LogP contribution in [0.1, 0.15) is 23.7 Å². The van der Waals surface area contributed by atoms with Gasteiger partial charge >= 0.3 is 5.97 Å². The predicted octanol–water partition coefficient (Wildman–Crippen LogP) is 2.01. The summed E-state index contributed by atoms with van der Waals surface area (Å²) in [4.78, 5) is 25.7. The molecule has 0 radical (unpaired) electrons. The number of rotatable bonds is 6. The molecule has 2 heterocycles. The van der Waals surface area contributed by atoms with Crippen LogP contribution in [0.4, 0.5) is 11.5 Å². The van der Waals surface area contributed by atoms with Crippen molar-refractivity contribution in [1.29, 1.82) is 0 Å². The number of fused-ring (bicyclic) bond motifs is 1. The van der Waals surface area contributed by atoms with E-state index in [0.29, 0.717) is 23.8 Å². The van der Waals surface area contributed by atoms with Crippen molar-refractivity contribution in [2.24, 2.45) is 0 Å². The number of benzene rings is 2. The van der Waals surface area contributed by atoms with Gasteiger partial charge in [0.15, 0.2) is 5.82 Å². The van der Waals surface area contributed by atoms with Crippen LogP contribution in [0.3, 0.4) is 0 Å². The summed E-state index contributed by atoms with van der Waals surface area (Å²) in [5, 5.41) is 4.22. The zero-order valence-corrected chi connectivity index (χ0v) is 17.1. The van der Waals surface area contributed by atoms with E-state index in [4.69, 9.17) is 9.72 Å². The summed E-state index contributed by atoms with van der Waals surface area (Å²) in [7, 11) is 0. The number of aromatic nitrogens is 3. The number of hydrogen-bond acceptors (Lipinski definition) is 6. The van der Waals surface area contributed by atoms with Crippen LogP contribution in [0, 0.1) is 0 Å². The zero-order valence-electron chi connectivity index (χ0n) is 16.4. The van der Waals surface area contributed by atoms with Crippen molar-refractivity contribution in [3.8, 4) is 11.4 Å². The van der Waals surface area contributed by atoms with Crippen molar-refractivity contribution < 1.29 is 21.9 Å². The van der Waals surface area contributed by atoms with Gasteiger partial charge in [-0.1, -0.05) is 25.1 Å². The van der Waals surface area contributed by atoms with Gasteiger partial charge in [0.05, 0.1) is 17.7 Å². The van der Waals surface area contributed by atoms with Crippen LogP contribution in [-0.4, -0.2) is 27.5 Å². The number of para-hydroxylation sites is 1. The maximum atomic E-state index is 12.2. The average Bonchev–Trinajstić information content (AvgIpc) is 2.78. The number of hydrogen-bond donors (Lipinski definition) is 1. The minimum Gasteiger partial charge on any atom is -1.00 e. The molecule has 0 fully saturated rings. The van der Waals surface area contributed by atoms with Crippen molar-refractivity contribution in [2.75, 3.05) is 11.9 Å². The zero-order chi connectivity index (χ0) is 20.1. The second-order valence-corrected chi connectivity index (χ2v) is 6.50. The Kier molecular flexibility index (Phi) is 6.93. The van der Waals surface area contributed by atoms with E-state index >= 15 is 0 Å². The highest BCUT2D eigenvalue weighted by Crippen LogP contribution is 2.27. The van der Waals surface area contributed by atoms with E-state index in [1.807, 2.05) is 55.5 Å². The van der Waals surface area contributed by atoms with Crippen LogP contribution in [0.15, 0.2) is 73.1 Å². The van der Waals surface area contributed by atoms with Gasteiger partial charge in [-0.15, -0.1) is 0 Å². The number of halogens is 1. The smallest absolute Gasteiger partial charge is 0.338 e. The fraction of sp³-hybridized carbons (Fsp3) is 0.130. The summed E-state index contributed by atoms with van der Waals surface area (Å²) < 4.78 is 5.23. The molecule has 0 unspecified atom stereocenters. The Labute approximate surface area is 180 Å². The molecule has 0 aliphatic carbocycles. The van der Waals surface area contributed by atoms with E-state index in [2.05, 4.69) is 15.3 Å². The number of carbonyl (C=O) groups excluding carboxylic acids is 1. The summed E-state index contributed by atoms with van der Waals surface area (Å²) in [6, 6.07) is 18.8. The fourth-order valence-corrected chi connectivity index (χ4v) is 2.93. The largest absolute Gasteiger partial charge is 1.00 e. The molecule has 0 bridgehead atoms. The molecule has 4 aromatic rings. The molecule has 30 heavy (non-hydrogen) atoms. The molecule has 4 rings (SSSR count). The number of ether oxygens (including phenoxy) is 1. The lowest BCUT2D eigenvalue weighted by Gasteiger charge is -2.12. The Hall–Kier alpha value is -3.51. The second kappa shape index (κ2) is 9.80. The first-order valence-electron chi connectivity index (χ1n) is 9.46. The molecule has 0 aliphatic heterocycles. The molecular weight excluding hydrogens is 400 g/mol. The van der Waals surface area contributed by atoms with Crippen LogP contribution >= 0.6 is 0 Å². The number of pyridine rings is 1. The molecule has 152 valence electrons. The van der Waals surface area contributed by atoms with Gasteiger partial charge in [0.1, 0.15) is 5.82 Å². The highest BCUT2D eigenvalue weighted by Gasteiger charge is 2.12. The maximum absolute atomic E-state index is 12.2. The molecule has 2 aromatic heterocycles. The Bertz CT molecular complexity index is 1150. The Morgan fingerprint density at radius 2 is 1.90 bits per heavy atom. The van der Waals surface area contributed by atoms with Crippen molar-refractivity contribution >= 4 is 28.4 Å². The van der Waals surface area contributed by atoms with Gasteiger partial charge in [0.25, 0.3) is 0 Å². The van der Waals surface area contributed by atoms with Crippen LogP contribution < -0.4 is 17.7 Å². The second-order valence-electron chi connectivity index (χ2n) is 6.50. The summed E-state index contributed by atoms with van der Waals surface area (Å²) in [5.74, 6) is 0.908. The maximum Gasteiger partial charge on any atom is 0.338 e. The molecule has 1 N–H and O–H groups in total. The van der Waals surface area contributed by atoms with Gasteiger partial charge in [0.2, 0.25) is 0 Å². The molecule has 2 aromatic carbocycles. The highest BCUT2D eigenvalue weighted by molar-refractivity contribution is 5.94. The Morgan fingerprint density at radius 1 is 1.03 bits per heavy atom. The number of nitrogens with zero attached hydrogens (tertiary/aromatic N) is 3. The van der Waals surface area contributed by atoms with E-state index in [-0.39, 0.29) is 18.4 Å².